The molecule has 2 amide bonds. The van der Waals surface area contributed by atoms with E-state index in [-0.39, 0.29) is 12.5 Å². The van der Waals surface area contributed by atoms with E-state index < -0.39 is 30.4 Å². The summed E-state index contributed by atoms with van der Waals surface area (Å²) in [6, 6.07) is 21.2. The van der Waals surface area contributed by atoms with E-state index in [1.807, 2.05) is 55.5 Å². The van der Waals surface area contributed by atoms with Crippen LogP contribution in [0, 0.1) is 0 Å². The van der Waals surface area contributed by atoms with E-state index in [2.05, 4.69) is 10.6 Å². The van der Waals surface area contributed by atoms with E-state index in [1.165, 1.54) is 0 Å². The summed E-state index contributed by atoms with van der Waals surface area (Å²) in [5, 5.41) is 14.2. The molecule has 0 fully saturated rings. The molecule has 1 unspecified atom stereocenters. The highest BCUT2D eigenvalue weighted by molar-refractivity contribution is 5.98. The van der Waals surface area contributed by atoms with E-state index in [0.29, 0.717) is 18.0 Å². The van der Waals surface area contributed by atoms with Crippen LogP contribution in [0.5, 0.6) is 5.75 Å². The van der Waals surface area contributed by atoms with Crippen LogP contribution < -0.4 is 15.4 Å². The first-order chi connectivity index (χ1) is 17.0. The number of amides is 2. The Morgan fingerprint density at radius 3 is 2.09 bits per heavy atom. The standard InChI is InChI=1S/C27H26N2O6/c1-2-34-18-13-11-17(12-14-18)28-26(32)24(15-25(30)31)29-27(33)35-16-23-21-9-5-3-7-19(21)20-8-4-6-10-22(20)23/h3-14,23-24H,2,15-16H2,1H3,(H,28,32)(H,29,33)(H,30,31). The van der Waals surface area contributed by atoms with Gasteiger partial charge in [-0.05, 0) is 53.4 Å². The van der Waals surface area contributed by atoms with Crippen LogP contribution in [0.1, 0.15) is 30.4 Å². The van der Waals surface area contributed by atoms with Gasteiger partial charge in [-0.15, -0.1) is 0 Å². The molecule has 0 radical (unpaired) electrons. The van der Waals surface area contributed by atoms with Gasteiger partial charge in [0.15, 0.2) is 0 Å². The molecule has 0 saturated carbocycles. The van der Waals surface area contributed by atoms with E-state index >= 15 is 0 Å². The molecular formula is C27H26N2O6. The van der Waals surface area contributed by atoms with Crippen molar-refractivity contribution < 1.29 is 29.0 Å². The minimum Gasteiger partial charge on any atom is -0.494 e. The molecule has 1 atom stereocenters. The van der Waals surface area contributed by atoms with Gasteiger partial charge >= 0.3 is 12.1 Å². The molecule has 0 spiro atoms. The van der Waals surface area contributed by atoms with Gasteiger partial charge in [0.2, 0.25) is 5.91 Å². The predicted octanol–water partition coefficient (Wildman–Crippen LogP) is 4.41. The summed E-state index contributed by atoms with van der Waals surface area (Å²) < 4.78 is 10.8. The van der Waals surface area contributed by atoms with Crippen molar-refractivity contribution in [2.45, 2.75) is 25.3 Å². The summed E-state index contributed by atoms with van der Waals surface area (Å²) in [5.41, 5.74) is 4.74. The highest BCUT2D eigenvalue weighted by Gasteiger charge is 2.30. The Kier molecular flexibility index (Phi) is 7.30. The van der Waals surface area contributed by atoms with E-state index in [4.69, 9.17) is 9.47 Å². The topological polar surface area (TPSA) is 114 Å². The fraction of sp³-hybridized carbons (Fsp3) is 0.222. The number of carboxylic acids is 1. The average Bonchev–Trinajstić information content (AvgIpc) is 3.17. The maximum atomic E-state index is 12.7. The number of carboxylic acid groups (broad SMARTS) is 1. The number of rotatable bonds is 9. The molecule has 3 N–H and O–H groups in total. The number of carbonyl (C=O) groups is 3. The van der Waals surface area contributed by atoms with Gasteiger partial charge in [-0.1, -0.05) is 48.5 Å². The molecular weight excluding hydrogens is 448 g/mol. The van der Waals surface area contributed by atoms with E-state index in [0.717, 1.165) is 22.3 Å². The molecule has 180 valence electrons. The molecule has 1 aliphatic carbocycles. The number of hydrogen-bond donors (Lipinski definition) is 3. The van der Waals surface area contributed by atoms with Gasteiger partial charge in [-0.3, -0.25) is 9.59 Å². The first-order valence-electron chi connectivity index (χ1n) is 11.3. The first kappa shape index (κ1) is 23.8. The van der Waals surface area contributed by atoms with Crippen LogP contribution in [0.15, 0.2) is 72.8 Å². The van der Waals surface area contributed by atoms with Crippen LogP contribution in [0.2, 0.25) is 0 Å². The molecule has 3 aromatic carbocycles. The van der Waals surface area contributed by atoms with Gasteiger partial charge in [0.25, 0.3) is 0 Å². The molecule has 35 heavy (non-hydrogen) atoms. The second-order valence-corrected chi connectivity index (χ2v) is 8.07. The molecule has 3 aromatic rings. The van der Waals surface area contributed by atoms with Crippen molar-refractivity contribution in [2.24, 2.45) is 0 Å². The Morgan fingerprint density at radius 1 is 0.914 bits per heavy atom. The minimum atomic E-state index is -1.31. The van der Waals surface area contributed by atoms with Crippen molar-refractivity contribution in [1.82, 2.24) is 5.32 Å². The zero-order valence-electron chi connectivity index (χ0n) is 19.2. The molecule has 0 bridgehead atoms. The molecule has 8 heteroatoms. The van der Waals surface area contributed by atoms with Gasteiger partial charge in [-0.25, -0.2) is 4.79 Å². The molecule has 0 aromatic heterocycles. The van der Waals surface area contributed by atoms with Crippen molar-refractivity contribution >= 4 is 23.7 Å². The number of anilines is 1. The number of fused-ring (bicyclic) bond motifs is 3. The van der Waals surface area contributed by atoms with Crippen molar-refractivity contribution in [3.8, 4) is 16.9 Å². The highest BCUT2D eigenvalue weighted by Crippen LogP contribution is 2.44. The summed E-state index contributed by atoms with van der Waals surface area (Å²) in [4.78, 5) is 36.6. The summed E-state index contributed by atoms with van der Waals surface area (Å²) in [6.07, 6.45) is -1.45. The Morgan fingerprint density at radius 2 is 1.51 bits per heavy atom. The summed E-state index contributed by atoms with van der Waals surface area (Å²) in [6.45, 7) is 2.43. The van der Waals surface area contributed by atoms with Crippen LogP contribution in [-0.4, -0.2) is 42.3 Å². The lowest BCUT2D eigenvalue weighted by atomic mass is 9.98. The second kappa shape index (κ2) is 10.7. The Bertz CT molecular complexity index is 1180. The van der Waals surface area contributed by atoms with Crippen molar-refractivity contribution in [1.29, 1.82) is 0 Å². The van der Waals surface area contributed by atoms with Crippen LogP contribution in [0.4, 0.5) is 10.5 Å². The molecule has 0 heterocycles. The summed E-state index contributed by atoms with van der Waals surface area (Å²) >= 11 is 0. The Hall–Kier alpha value is -4.33. The second-order valence-electron chi connectivity index (χ2n) is 8.07. The van der Waals surface area contributed by atoms with Crippen LogP contribution >= 0.6 is 0 Å². The normalized spacial score (nSPS) is 12.7. The first-order valence-corrected chi connectivity index (χ1v) is 11.3. The van der Waals surface area contributed by atoms with Gasteiger partial charge in [-0.2, -0.15) is 0 Å². The van der Waals surface area contributed by atoms with E-state index in [1.54, 1.807) is 24.3 Å². The number of benzene rings is 3. The van der Waals surface area contributed by atoms with Crippen LogP contribution in [0.3, 0.4) is 0 Å². The quantitative estimate of drug-likeness (QED) is 0.423. The highest BCUT2D eigenvalue weighted by atomic mass is 16.5. The number of alkyl carbamates (subject to hydrolysis) is 1. The fourth-order valence-electron chi connectivity index (χ4n) is 4.20. The predicted molar refractivity (Wildman–Crippen MR) is 130 cm³/mol. The van der Waals surface area contributed by atoms with Crippen LogP contribution in [-0.2, 0) is 14.3 Å². The Balaban J connectivity index is 1.40. The molecule has 8 nitrogen and oxygen atoms in total. The monoisotopic (exact) mass is 474 g/mol. The van der Waals surface area contributed by atoms with E-state index in [9.17, 15) is 19.5 Å². The third-order valence-electron chi connectivity index (χ3n) is 5.76. The zero-order valence-corrected chi connectivity index (χ0v) is 19.2. The maximum Gasteiger partial charge on any atom is 0.407 e. The van der Waals surface area contributed by atoms with Gasteiger partial charge in [0, 0.05) is 11.6 Å². The lowest BCUT2D eigenvalue weighted by Crippen LogP contribution is -2.45. The Labute approximate surface area is 202 Å². The number of carbonyl (C=O) groups excluding carboxylic acids is 2. The molecule has 0 saturated heterocycles. The van der Waals surface area contributed by atoms with Crippen LogP contribution in [0.25, 0.3) is 11.1 Å². The van der Waals surface area contributed by atoms with Gasteiger partial charge in [0.1, 0.15) is 18.4 Å². The summed E-state index contributed by atoms with van der Waals surface area (Å²) in [7, 11) is 0. The third kappa shape index (κ3) is 5.60. The maximum absolute atomic E-state index is 12.7. The smallest absolute Gasteiger partial charge is 0.407 e. The summed E-state index contributed by atoms with van der Waals surface area (Å²) in [5.74, 6) is -1.39. The van der Waals surface area contributed by atoms with Crippen molar-refractivity contribution in [3.05, 3.63) is 83.9 Å². The zero-order chi connectivity index (χ0) is 24.8. The largest absolute Gasteiger partial charge is 0.494 e. The lowest BCUT2D eigenvalue weighted by Gasteiger charge is -2.19. The fourth-order valence-corrected chi connectivity index (χ4v) is 4.20. The SMILES string of the molecule is CCOc1ccc(NC(=O)C(CC(=O)O)NC(=O)OCC2c3ccccc3-c3ccccc32)cc1. The third-order valence-corrected chi connectivity index (χ3v) is 5.76. The number of aliphatic carboxylic acids is 1. The number of hydrogen-bond acceptors (Lipinski definition) is 5. The van der Waals surface area contributed by atoms with Gasteiger partial charge < -0.3 is 25.2 Å². The molecule has 4 rings (SSSR count). The molecule has 1 aliphatic rings. The average molecular weight is 475 g/mol. The lowest BCUT2D eigenvalue weighted by molar-refractivity contribution is -0.139. The van der Waals surface area contributed by atoms with Crippen molar-refractivity contribution in [3.63, 3.8) is 0 Å². The number of nitrogens with one attached hydrogen (secondary N) is 2. The number of ether oxygens (including phenoxy) is 2. The molecule has 0 aliphatic heterocycles. The van der Waals surface area contributed by atoms with Crippen molar-refractivity contribution in [2.75, 3.05) is 18.5 Å². The minimum absolute atomic E-state index is 0.0557. The van der Waals surface area contributed by atoms with Gasteiger partial charge in [0.05, 0.1) is 13.0 Å².